The summed E-state index contributed by atoms with van der Waals surface area (Å²) in [5, 5.41) is 4.12. The molecule has 0 aliphatic rings. The molecule has 0 spiro atoms. The van der Waals surface area contributed by atoms with Gasteiger partial charge in [-0.05, 0) is 20.8 Å². The quantitative estimate of drug-likeness (QED) is 0.557. The van der Waals surface area contributed by atoms with Crippen LogP contribution in [0.1, 0.15) is 19.7 Å². The summed E-state index contributed by atoms with van der Waals surface area (Å²) in [6.45, 7) is 5.67. The van der Waals surface area contributed by atoms with E-state index in [1.165, 1.54) is 0 Å². The summed E-state index contributed by atoms with van der Waals surface area (Å²) in [7, 11) is 0. The van der Waals surface area contributed by atoms with E-state index in [-0.39, 0.29) is 5.54 Å². The van der Waals surface area contributed by atoms with E-state index in [2.05, 4.69) is 16.0 Å². The molecule has 1 heterocycles. The molecule has 0 saturated heterocycles. The Morgan fingerprint density at radius 1 is 1.64 bits per heavy atom. The first-order valence-corrected chi connectivity index (χ1v) is 3.43. The summed E-state index contributed by atoms with van der Waals surface area (Å²) in [5.74, 6) is 3.38. The van der Waals surface area contributed by atoms with E-state index >= 15 is 0 Å². The second kappa shape index (κ2) is 2.39. The molecule has 0 amide bonds. The Balaban J connectivity index is 3.04. The van der Waals surface area contributed by atoms with E-state index in [1.54, 1.807) is 11.0 Å². The lowest BCUT2D eigenvalue weighted by atomic mass is 10.1. The van der Waals surface area contributed by atoms with Gasteiger partial charge in [0, 0.05) is 0 Å². The first kappa shape index (κ1) is 7.80. The Kier molecular flexibility index (Phi) is 1.69. The SMILES string of the molecule is C#CC(C)(C)n1cnc(C)n1. The van der Waals surface area contributed by atoms with Crippen molar-refractivity contribution in [3.05, 3.63) is 12.2 Å². The fourth-order valence-electron chi connectivity index (χ4n) is 0.681. The monoisotopic (exact) mass is 149 g/mol. The molecule has 0 aromatic carbocycles. The maximum atomic E-state index is 5.31. The Labute approximate surface area is 66.4 Å². The number of aromatic nitrogens is 3. The molecule has 58 valence electrons. The van der Waals surface area contributed by atoms with Crippen molar-refractivity contribution < 1.29 is 0 Å². The van der Waals surface area contributed by atoms with E-state index < -0.39 is 0 Å². The number of aryl methyl sites for hydroxylation is 1. The lowest BCUT2D eigenvalue weighted by Crippen LogP contribution is -2.24. The average Bonchev–Trinajstić information content (AvgIpc) is 2.36. The van der Waals surface area contributed by atoms with Gasteiger partial charge in [-0.2, -0.15) is 5.10 Å². The van der Waals surface area contributed by atoms with E-state index in [0.717, 1.165) is 5.82 Å². The van der Waals surface area contributed by atoms with Crippen LogP contribution in [-0.4, -0.2) is 14.8 Å². The van der Waals surface area contributed by atoms with Crippen LogP contribution in [0.25, 0.3) is 0 Å². The molecule has 3 heteroatoms. The smallest absolute Gasteiger partial charge is 0.147 e. The molecule has 1 rings (SSSR count). The molecule has 0 aliphatic carbocycles. The second-order valence-corrected chi connectivity index (χ2v) is 2.94. The number of hydrogen-bond acceptors (Lipinski definition) is 2. The predicted octanol–water partition coefficient (Wildman–Crippen LogP) is 0.955. The summed E-state index contributed by atoms with van der Waals surface area (Å²) in [4.78, 5) is 3.99. The van der Waals surface area contributed by atoms with Crippen LogP contribution in [0.5, 0.6) is 0 Å². The van der Waals surface area contributed by atoms with Gasteiger partial charge in [-0.1, -0.05) is 5.92 Å². The zero-order valence-corrected chi connectivity index (χ0v) is 7.00. The lowest BCUT2D eigenvalue weighted by molar-refractivity contribution is 0.421. The molecule has 0 fully saturated rings. The largest absolute Gasteiger partial charge is 0.235 e. The number of rotatable bonds is 1. The molecule has 0 atom stereocenters. The van der Waals surface area contributed by atoms with Crippen LogP contribution < -0.4 is 0 Å². The summed E-state index contributed by atoms with van der Waals surface area (Å²) in [6, 6.07) is 0. The van der Waals surface area contributed by atoms with Crippen LogP contribution in [0.3, 0.4) is 0 Å². The Morgan fingerprint density at radius 3 is 2.64 bits per heavy atom. The van der Waals surface area contributed by atoms with Crippen molar-refractivity contribution in [3.63, 3.8) is 0 Å². The second-order valence-electron chi connectivity index (χ2n) is 2.94. The Morgan fingerprint density at radius 2 is 2.27 bits per heavy atom. The molecule has 0 N–H and O–H groups in total. The molecule has 11 heavy (non-hydrogen) atoms. The third-order valence-electron chi connectivity index (χ3n) is 1.53. The Hall–Kier alpha value is -1.30. The van der Waals surface area contributed by atoms with Crippen molar-refractivity contribution in [2.75, 3.05) is 0 Å². The normalized spacial score (nSPS) is 11.1. The summed E-state index contributed by atoms with van der Waals surface area (Å²) >= 11 is 0. The zero-order chi connectivity index (χ0) is 8.48. The first-order valence-electron chi connectivity index (χ1n) is 3.43. The van der Waals surface area contributed by atoms with Crippen molar-refractivity contribution in [1.82, 2.24) is 14.8 Å². The van der Waals surface area contributed by atoms with Gasteiger partial charge < -0.3 is 0 Å². The summed E-state index contributed by atoms with van der Waals surface area (Å²) in [6.07, 6.45) is 6.96. The van der Waals surface area contributed by atoms with E-state index in [4.69, 9.17) is 6.42 Å². The van der Waals surface area contributed by atoms with Gasteiger partial charge in [0.1, 0.15) is 17.7 Å². The maximum absolute atomic E-state index is 5.31. The number of hydrogen-bond donors (Lipinski definition) is 0. The summed E-state index contributed by atoms with van der Waals surface area (Å²) < 4.78 is 1.68. The minimum absolute atomic E-state index is 0.374. The molecule has 0 saturated carbocycles. The van der Waals surface area contributed by atoms with Crippen LogP contribution in [0.2, 0.25) is 0 Å². The van der Waals surface area contributed by atoms with Crippen molar-refractivity contribution >= 4 is 0 Å². The molecule has 1 aromatic rings. The van der Waals surface area contributed by atoms with Crippen molar-refractivity contribution in [3.8, 4) is 12.3 Å². The lowest BCUT2D eigenvalue weighted by Gasteiger charge is -2.16. The molecule has 0 bridgehead atoms. The molecule has 3 nitrogen and oxygen atoms in total. The van der Waals surface area contributed by atoms with Gasteiger partial charge in [0.05, 0.1) is 0 Å². The molecular formula is C8H11N3. The highest BCUT2D eigenvalue weighted by Crippen LogP contribution is 2.10. The van der Waals surface area contributed by atoms with Gasteiger partial charge in [-0.25, -0.2) is 9.67 Å². The van der Waals surface area contributed by atoms with Gasteiger partial charge in [0.15, 0.2) is 0 Å². The van der Waals surface area contributed by atoms with Gasteiger partial charge in [0.2, 0.25) is 0 Å². The van der Waals surface area contributed by atoms with Gasteiger partial charge in [0.25, 0.3) is 0 Å². The fourth-order valence-corrected chi connectivity index (χ4v) is 0.681. The van der Waals surface area contributed by atoms with E-state index in [0.29, 0.717) is 0 Å². The standard InChI is InChI=1S/C8H11N3/c1-5-8(3,4)11-6-9-7(2)10-11/h1,6H,2-4H3. The maximum Gasteiger partial charge on any atom is 0.147 e. The minimum atomic E-state index is -0.374. The van der Waals surface area contributed by atoms with Crippen molar-refractivity contribution in [2.45, 2.75) is 26.3 Å². The van der Waals surface area contributed by atoms with Crippen LogP contribution in [0.15, 0.2) is 6.33 Å². The molecular weight excluding hydrogens is 138 g/mol. The minimum Gasteiger partial charge on any atom is -0.235 e. The van der Waals surface area contributed by atoms with E-state index in [9.17, 15) is 0 Å². The highest BCUT2D eigenvalue weighted by molar-refractivity contribution is 5.04. The highest BCUT2D eigenvalue weighted by atomic mass is 15.4. The zero-order valence-electron chi connectivity index (χ0n) is 7.00. The third kappa shape index (κ3) is 1.40. The van der Waals surface area contributed by atoms with Crippen molar-refractivity contribution in [1.29, 1.82) is 0 Å². The third-order valence-corrected chi connectivity index (χ3v) is 1.53. The van der Waals surface area contributed by atoms with Crippen LogP contribution >= 0.6 is 0 Å². The van der Waals surface area contributed by atoms with Gasteiger partial charge in [-0.15, -0.1) is 6.42 Å². The van der Waals surface area contributed by atoms with Crippen LogP contribution in [0.4, 0.5) is 0 Å². The van der Waals surface area contributed by atoms with Crippen LogP contribution in [-0.2, 0) is 5.54 Å². The van der Waals surface area contributed by atoms with Gasteiger partial charge in [-0.3, -0.25) is 0 Å². The fraction of sp³-hybridized carbons (Fsp3) is 0.500. The molecule has 0 radical (unpaired) electrons. The molecule has 0 aliphatic heterocycles. The molecule has 0 unspecified atom stereocenters. The number of terminal acetylenes is 1. The van der Waals surface area contributed by atoms with E-state index in [1.807, 2.05) is 20.8 Å². The van der Waals surface area contributed by atoms with Gasteiger partial charge >= 0.3 is 0 Å². The topological polar surface area (TPSA) is 30.7 Å². The summed E-state index contributed by atoms with van der Waals surface area (Å²) in [5.41, 5.74) is -0.374. The van der Waals surface area contributed by atoms with Crippen LogP contribution in [0, 0.1) is 19.3 Å². The van der Waals surface area contributed by atoms with Crippen molar-refractivity contribution in [2.24, 2.45) is 0 Å². The average molecular weight is 149 g/mol. The number of nitrogens with zero attached hydrogens (tertiary/aromatic N) is 3. The first-order chi connectivity index (χ1) is 5.06. The molecule has 1 aromatic heterocycles. The predicted molar refractivity (Wildman–Crippen MR) is 42.9 cm³/mol. The highest BCUT2D eigenvalue weighted by Gasteiger charge is 2.16. The Bertz CT molecular complexity index is 291.